The Morgan fingerprint density at radius 2 is 1.78 bits per heavy atom. The number of H-pyrrole nitrogens is 2. The van der Waals surface area contributed by atoms with Gasteiger partial charge >= 0.3 is 0 Å². The first kappa shape index (κ1) is 18.8. The Balaban J connectivity index is 1.56. The number of pyridine rings is 3. The number of nitrogens with one attached hydrogen (secondary N) is 2. The fourth-order valence-electron chi connectivity index (χ4n) is 3.85. The fraction of sp³-hybridized carbons (Fsp3) is 0.0870. The van der Waals surface area contributed by atoms with E-state index >= 15 is 4.39 Å². The number of nitrogens with zero attached hydrogens (tertiary/aromatic N) is 5. The lowest BCUT2D eigenvalue weighted by atomic mass is 10.1. The summed E-state index contributed by atoms with van der Waals surface area (Å²) < 4.78 is 15.7. The molecule has 0 radical (unpaired) electrons. The third kappa shape index (κ3) is 2.82. The van der Waals surface area contributed by atoms with Gasteiger partial charge in [-0.1, -0.05) is 0 Å². The Morgan fingerprint density at radius 1 is 0.906 bits per heavy atom. The molecular formula is C23H16FN7S. The third-order valence-electron chi connectivity index (χ3n) is 5.46. The van der Waals surface area contributed by atoms with Crippen LogP contribution in [0.2, 0.25) is 0 Å². The number of hydrogen-bond donors (Lipinski definition) is 2. The summed E-state index contributed by atoms with van der Waals surface area (Å²) in [5.41, 5.74) is 5.12. The molecule has 156 valence electrons. The number of halogens is 1. The molecule has 0 spiro atoms. The molecule has 6 aromatic rings. The van der Waals surface area contributed by atoms with Gasteiger partial charge in [0.2, 0.25) is 0 Å². The SMILES string of the molecule is Cc1ccc(-c2cncc3[nH]c(-c4n[nH]c5cnc(-c6cnccc6C)c(F)c45)nc23)s1. The second-order valence-corrected chi connectivity index (χ2v) is 8.84. The Bertz CT molecular complexity index is 1630. The van der Waals surface area contributed by atoms with Crippen molar-refractivity contribution in [2.45, 2.75) is 13.8 Å². The van der Waals surface area contributed by atoms with E-state index in [4.69, 9.17) is 4.98 Å². The van der Waals surface area contributed by atoms with Gasteiger partial charge in [0.15, 0.2) is 11.6 Å². The van der Waals surface area contributed by atoms with Crippen LogP contribution in [0.5, 0.6) is 0 Å². The second-order valence-electron chi connectivity index (χ2n) is 7.55. The first-order chi connectivity index (χ1) is 15.6. The standard InChI is InChI=1S/C23H16FN7S/c1-11-5-6-25-7-13(11)21-19(24)18-15(10-27-21)30-31-22(18)23-28-16-9-26-8-14(20(16)29-23)17-4-3-12(2)32-17/h3-10H,1-2H3,(H,28,29)(H,30,31). The third-order valence-corrected chi connectivity index (χ3v) is 6.50. The van der Waals surface area contributed by atoms with Crippen LogP contribution in [0.4, 0.5) is 4.39 Å². The number of rotatable bonds is 3. The summed E-state index contributed by atoms with van der Waals surface area (Å²) >= 11 is 1.68. The molecule has 7 nitrogen and oxygen atoms in total. The van der Waals surface area contributed by atoms with Crippen LogP contribution in [0.25, 0.3) is 55.2 Å². The van der Waals surface area contributed by atoms with Crippen molar-refractivity contribution >= 4 is 33.3 Å². The van der Waals surface area contributed by atoms with Crippen LogP contribution in [0, 0.1) is 19.7 Å². The predicted octanol–water partition coefficient (Wildman–Crippen LogP) is 5.44. The number of aryl methyl sites for hydroxylation is 2. The van der Waals surface area contributed by atoms with E-state index in [-0.39, 0.29) is 5.69 Å². The van der Waals surface area contributed by atoms with Gasteiger partial charge in [0.05, 0.1) is 28.8 Å². The molecular weight excluding hydrogens is 425 g/mol. The van der Waals surface area contributed by atoms with Crippen molar-refractivity contribution in [3.05, 3.63) is 65.4 Å². The Kier molecular flexibility index (Phi) is 4.12. The van der Waals surface area contributed by atoms with Gasteiger partial charge in [0, 0.05) is 39.5 Å². The average Bonchev–Trinajstić information content (AvgIpc) is 3.52. The molecule has 9 heteroatoms. The first-order valence-corrected chi connectivity index (χ1v) is 10.8. The monoisotopic (exact) mass is 441 g/mol. The molecule has 0 unspecified atom stereocenters. The second kappa shape index (κ2) is 7.03. The molecule has 32 heavy (non-hydrogen) atoms. The fourth-order valence-corrected chi connectivity index (χ4v) is 4.73. The van der Waals surface area contributed by atoms with E-state index < -0.39 is 5.82 Å². The average molecular weight is 441 g/mol. The number of fused-ring (bicyclic) bond motifs is 2. The molecule has 0 amide bonds. The molecule has 0 bridgehead atoms. The topological polar surface area (TPSA) is 96.0 Å². The Labute approximate surface area is 185 Å². The molecule has 0 aliphatic carbocycles. The lowest BCUT2D eigenvalue weighted by Gasteiger charge is -2.06. The zero-order valence-electron chi connectivity index (χ0n) is 17.1. The quantitative estimate of drug-likeness (QED) is 0.381. The summed E-state index contributed by atoms with van der Waals surface area (Å²) in [5, 5.41) is 7.56. The molecule has 0 atom stereocenters. The minimum Gasteiger partial charge on any atom is -0.335 e. The maximum Gasteiger partial charge on any atom is 0.161 e. The Morgan fingerprint density at radius 3 is 2.59 bits per heavy atom. The van der Waals surface area contributed by atoms with Crippen LogP contribution >= 0.6 is 11.3 Å². The summed E-state index contributed by atoms with van der Waals surface area (Å²) in [6.07, 6.45) is 8.39. The van der Waals surface area contributed by atoms with Gasteiger partial charge in [-0.05, 0) is 37.6 Å². The minimum absolute atomic E-state index is 0.235. The van der Waals surface area contributed by atoms with E-state index in [1.807, 2.05) is 13.0 Å². The number of aromatic nitrogens is 7. The van der Waals surface area contributed by atoms with E-state index in [0.29, 0.717) is 28.0 Å². The lowest BCUT2D eigenvalue weighted by molar-refractivity contribution is 0.638. The van der Waals surface area contributed by atoms with Gasteiger partial charge in [-0.25, -0.2) is 9.37 Å². The highest BCUT2D eigenvalue weighted by atomic mass is 32.1. The van der Waals surface area contributed by atoms with E-state index in [1.54, 1.807) is 42.3 Å². The van der Waals surface area contributed by atoms with E-state index in [1.165, 1.54) is 4.88 Å². The van der Waals surface area contributed by atoms with Gasteiger partial charge in [-0.2, -0.15) is 5.10 Å². The smallest absolute Gasteiger partial charge is 0.161 e. The molecule has 0 fully saturated rings. The molecule has 6 aromatic heterocycles. The van der Waals surface area contributed by atoms with E-state index in [0.717, 1.165) is 27.0 Å². The largest absolute Gasteiger partial charge is 0.335 e. The summed E-state index contributed by atoms with van der Waals surface area (Å²) in [4.78, 5) is 23.1. The zero-order chi connectivity index (χ0) is 21.8. The van der Waals surface area contributed by atoms with Crippen molar-refractivity contribution in [2.24, 2.45) is 0 Å². The summed E-state index contributed by atoms with van der Waals surface area (Å²) in [7, 11) is 0. The highest BCUT2D eigenvalue weighted by Gasteiger charge is 2.22. The molecule has 0 aliphatic heterocycles. The van der Waals surface area contributed by atoms with E-state index in [2.05, 4.69) is 49.2 Å². The van der Waals surface area contributed by atoms with Gasteiger partial charge < -0.3 is 4.98 Å². The maximum absolute atomic E-state index is 15.7. The van der Waals surface area contributed by atoms with Crippen LogP contribution < -0.4 is 0 Å². The highest BCUT2D eigenvalue weighted by Crippen LogP contribution is 2.36. The number of imidazole rings is 1. The molecule has 0 aromatic carbocycles. The molecule has 6 rings (SSSR count). The van der Waals surface area contributed by atoms with Crippen LogP contribution in [-0.2, 0) is 0 Å². The van der Waals surface area contributed by atoms with Gasteiger partial charge in [-0.3, -0.25) is 20.1 Å². The van der Waals surface area contributed by atoms with Crippen molar-refractivity contribution < 1.29 is 4.39 Å². The summed E-state index contributed by atoms with van der Waals surface area (Å²) in [6.45, 7) is 3.96. The van der Waals surface area contributed by atoms with Crippen molar-refractivity contribution in [2.75, 3.05) is 0 Å². The van der Waals surface area contributed by atoms with Gasteiger partial charge in [-0.15, -0.1) is 11.3 Å². The van der Waals surface area contributed by atoms with Gasteiger partial charge in [0.1, 0.15) is 16.9 Å². The molecule has 2 N–H and O–H groups in total. The van der Waals surface area contributed by atoms with Gasteiger partial charge in [0.25, 0.3) is 0 Å². The molecule has 6 heterocycles. The van der Waals surface area contributed by atoms with Crippen molar-refractivity contribution in [3.63, 3.8) is 0 Å². The normalized spacial score (nSPS) is 11.6. The number of aromatic amines is 2. The lowest BCUT2D eigenvalue weighted by Crippen LogP contribution is -1.94. The van der Waals surface area contributed by atoms with Crippen LogP contribution in [0.1, 0.15) is 10.4 Å². The Hall–Kier alpha value is -3.98. The molecule has 0 saturated heterocycles. The molecule has 0 saturated carbocycles. The van der Waals surface area contributed by atoms with Crippen LogP contribution in [0.15, 0.2) is 49.2 Å². The van der Waals surface area contributed by atoms with Crippen molar-refractivity contribution in [1.82, 2.24) is 35.1 Å². The minimum atomic E-state index is -0.463. The number of hydrogen-bond acceptors (Lipinski definition) is 6. The maximum atomic E-state index is 15.7. The van der Waals surface area contributed by atoms with Crippen LogP contribution in [-0.4, -0.2) is 35.1 Å². The van der Waals surface area contributed by atoms with Crippen LogP contribution in [0.3, 0.4) is 0 Å². The zero-order valence-corrected chi connectivity index (χ0v) is 18.0. The number of thiophene rings is 1. The first-order valence-electron chi connectivity index (χ1n) is 9.94. The molecule has 0 aliphatic rings. The highest BCUT2D eigenvalue weighted by molar-refractivity contribution is 7.15. The summed E-state index contributed by atoms with van der Waals surface area (Å²) in [6, 6.07) is 5.96. The predicted molar refractivity (Wildman–Crippen MR) is 123 cm³/mol. The van der Waals surface area contributed by atoms with E-state index in [9.17, 15) is 0 Å². The van der Waals surface area contributed by atoms with Crippen molar-refractivity contribution in [1.29, 1.82) is 0 Å². The van der Waals surface area contributed by atoms with Crippen molar-refractivity contribution in [3.8, 4) is 33.2 Å². The summed E-state index contributed by atoms with van der Waals surface area (Å²) in [5.74, 6) is 0.00257.